The third-order valence-corrected chi connectivity index (χ3v) is 5.43. The molecule has 1 fully saturated rings. The summed E-state index contributed by atoms with van der Waals surface area (Å²) in [6.07, 6.45) is 4.58. The van der Waals surface area contributed by atoms with E-state index in [1.165, 1.54) is 0 Å². The number of amides is 1. The number of nitrogens with zero attached hydrogens (tertiary/aromatic N) is 3. The number of carbonyl (C=O) groups excluding carboxylic acids is 1. The number of rotatable bonds is 6. The van der Waals surface area contributed by atoms with Gasteiger partial charge in [-0.2, -0.15) is 5.10 Å². The lowest BCUT2D eigenvalue weighted by atomic mass is 9.97. The molecule has 1 aliphatic heterocycles. The zero-order valence-corrected chi connectivity index (χ0v) is 16.7. The smallest absolute Gasteiger partial charge is 0.253 e. The predicted molar refractivity (Wildman–Crippen MR) is 111 cm³/mol. The van der Waals surface area contributed by atoms with Gasteiger partial charge in [0.1, 0.15) is 0 Å². The second-order valence-corrected chi connectivity index (χ2v) is 7.22. The molecule has 4 rings (SSSR count). The Hall–Kier alpha value is -3.28. The normalized spacial score (nSPS) is 16.1. The first-order valence-corrected chi connectivity index (χ1v) is 9.76. The molecule has 0 radical (unpaired) electrons. The molecule has 1 amide bonds. The van der Waals surface area contributed by atoms with Gasteiger partial charge >= 0.3 is 0 Å². The Morgan fingerprint density at radius 1 is 1.14 bits per heavy atom. The first-order chi connectivity index (χ1) is 14.2. The molecule has 0 bridgehead atoms. The Morgan fingerprint density at radius 3 is 2.76 bits per heavy atom. The zero-order valence-electron chi connectivity index (χ0n) is 16.7. The van der Waals surface area contributed by atoms with Crippen LogP contribution in [0.3, 0.4) is 0 Å². The quantitative estimate of drug-likeness (QED) is 0.645. The van der Waals surface area contributed by atoms with Crippen molar-refractivity contribution in [3.8, 4) is 11.5 Å². The van der Waals surface area contributed by atoms with Gasteiger partial charge in [-0.05, 0) is 36.2 Å². The number of hydrogen-bond donors (Lipinski definition) is 0. The summed E-state index contributed by atoms with van der Waals surface area (Å²) in [6.45, 7) is 2.05. The van der Waals surface area contributed by atoms with Crippen molar-refractivity contribution in [1.82, 2.24) is 14.7 Å². The maximum atomic E-state index is 13.1. The fourth-order valence-electron chi connectivity index (χ4n) is 4.00. The van der Waals surface area contributed by atoms with Crippen LogP contribution in [-0.4, -0.2) is 47.9 Å². The molecule has 1 atom stereocenters. The lowest BCUT2D eigenvalue weighted by Crippen LogP contribution is -2.28. The third-order valence-electron chi connectivity index (χ3n) is 5.43. The van der Waals surface area contributed by atoms with E-state index in [4.69, 9.17) is 9.47 Å². The summed E-state index contributed by atoms with van der Waals surface area (Å²) in [4.78, 5) is 15.0. The fourth-order valence-corrected chi connectivity index (χ4v) is 4.00. The van der Waals surface area contributed by atoms with Crippen molar-refractivity contribution in [1.29, 1.82) is 0 Å². The van der Waals surface area contributed by atoms with Gasteiger partial charge in [0, 0.05) is 42.5 Å². The van der Waals surface area contributed by atoms with Crippen molar-refractivity contribution in [2.45, 2.75) is 18.9 Å². The largest absolute Gasteiger partial charge is 0.493 e. The maximum Gasteiger partial charge on any atom is 0.253 e. The number of hydrogen-bond acceptors (Lipinski definition) is 4. The van der Waals surface area contributed by atoms with Crippen LogP contribution in [-0.2, 0) is 6.54 Å². The van der Waals surface area contributed by atoms with E-state index in [1.807, 2.05) is 58.2 Å². The molecule has 2 heterocycles. The molecule has 0 saturated carbocycles. The third kappa shape index (κ3) is 3.97. The number of aromatic nitrogens is 2. The Morgan fingerprint density at radius 2 is 2.00 bits per heavy atom. The molecule has 6 nitrogen and oxygen atoms in total. The van der Waals surface area contributed by atoms with Crippen LogP contribution >= 0.6 is 0 Å². The van der Waals surface area contributed by atoms with Crippen molar-refractivity contribution in [3.63, 3.8) is 0 Å². The summed E-state index contributed by atoms with van der Waals surface area (Å²) in [5.74, 6) is 1.78. The number of methoxy groups -OCH3 is 2. The lowest BCUT2D eigenvalue weighted by Gasteiger charge is -2.19. The van der Waals surface area contributed by atoms with Crippen LogP contribution in [0.5, 0.6) is 11.5 Å². The molecule has 0 aliphatic carbocycles. The van der Waals surface area contributed by atoms with E-state index in [1.54, 1.807) is 20.4 Å². The highest BCUT2D eigenvalue weighted by atomic mass is 16.5. The molecule has 2 aromatic carbocycles. The van der Waals surface area contributed by atoms with Gasteiger partial charge in [-0.15, -0.1) is 0 Å². The van der Waals surface area contributed by atoms with Crippen molar-refractivity contribution < 1.29 is 14.3 Å². The van der Waals surface area contributed by atoms with Crippen LogP contribution in [0.2, 0.25) is 0 Å². The molecule has 1 saturated heterocycles. The minimum Gasteiger partial charge on any atom is -0.493 e. The highest BCUT2D eigenvalue weighted by Crippen LogP contribution is 2.39. The standard InChI is InChI=1S/C23H25N3O3/c1-28-21-9-4-8-20(22(21)29-2)19-10-13-25(16-19)23(27)18-7-3-6-17(14-18)15-26-12-5-11-24-26/h3-9,11-12,14,19H,10,13,15-16H2,1-2H3. The van der Waals surface area contributed by atoms with E-state index in [9.17, 15) is 4.79 Å². The predicted octanol–water partition coefficient (Wildman–Crippen LogP) is 3.58. The number of ether oxygens (including phenoxy) is 2. The van der Waals surface area contributed by atoms with E-state index < -0.39 is 0 Å². The van der Waals surface area contributed by atoms with Gasteiger partial charge in [-0.1, -0.05) is 24.3 Å². The van der Waals surface area contributed by atoms with Crippen molar-refractivity contribution >= 4 is 5.91 Å². The second kappa shape index (κ2) is 8.39. The van der Waals surface area contributed by atoms with Crippen LogP contribution in [0, 0.1) is 0 Å². The number of para-hydroxylation sites is 1. The summed E-state index contributed by atoms with van der Waals surface area (Å²) in [7, 11) is 3.30. The zero-order chi connectivity index (χ0) is 20.2. The van der Waals surface area contributed by atoms with Crippen LogP contribution < -0.4 is 9.47 Å². The molecule has 29 heavy (non-hydrogen) atoms. The summed E-state index contributed by atoms with van der Waals surface area (Å²) in [5, 5.41) is 4.24. The van der Waals surface area contributed by atoms with E-state index in [0.717, 1.165) is 35.6 Å². The van der Waals surface area contributed by atoms with Gasteiger partial charge in [0.25, 0.3) is 5.91 Å². The van der Waals surface area contributed by atoms with Gasteiger partial charge in [0.2, 0.25) is 0 Å². The molecule has 1 aromatic heterocycles. The highest BCUT2D eigenvalue weighted by molar-refractivity contribution is 5.94. The van der Waals surface area contributed by atoms with Crippen LogP contribution in [0.4, 0.5) is 0 Å². The van der Waals surface area contributed by atoms with Crippen LogP contribution in [0.25, 0.3) is 0 Å². The Kier molecular flexibility index (Phi) is 5.51. The molecule has 150 valence electrons. The minimum atomic E-state index is 0.0664. The van der Waals surface area contributed by atoms with Gasteiger partial charge in [-0.3, -0.25) is 9.48 Å². The molecule has 0 N–H and O–H groups in total. The molecule has 1 unspecified atom stereocenters. The summed E-state index contributed by atoms with van der Waals surface area (Å²) >= 11 is 0. The van der Waals surface area contributed by atoms with Crippen molar-refractivity contribution in [2.24, 2.45) is 0 Å². The van der Waals surface area contributed by atoms with Crippen molar-refractivity contribution in [2.75, 3.05) is 27.3 Å². The second-order valence-electron chi connectivity index (χ2n) is 7.22. The molecule has 3 aromatic rings. The summed E-state index contributed by atoms with van der Waals surface area (Å²) in [5.41, 5.74) is 2.87. The van der Waals surface area contributed by atoms with Crippen molar-refractivity contribution in [3.05, 3.63) is 77.6 Å². The Balaban J connectivity index is 1.49. The first-order valence-electron chi connectivity index (χ1n) is 9.76. The average molecular weight is 391 g/mol. The maximum absolute atomic E-state index is 13.1. The van der Waals surface area contributed by atoms with Gasteiger partial charge in [0.05, 0.1) is 20.8 Å². The fraction of sp³-hybridized carbons (Fsp3) is 0.304. The average Bonchev–Trinajstić information content (AvgIpc) is 3.45. The Labute approximate surface area is 170 Å². The summed E-state index contributed by atoms with van der Waals surface area (Å²) < 4.78 is 12.9. The van der Waals surface area contributed by atoms with E-state index >= 15 is 0 Å². The lowest BCUT2D eigenvalue weighted by molar-refractivity contribution is 0.0790. The van der Waals surface area contributed by atoms with Crippen LogP contribution in [0.15, 0.2) is 60.9 Å². The van der Waals surface area contributed by atoms with Crippen LogP contribution in [0.1, 0.15) is 33.8 Å². The van der Waals surface area contributed by atoms with E-state index in [2.05, 4.69) is 11.2 Å². The molecule has 6 heteroatoms. The SMILES string of the molecule is COc1cccc(C2CCN(C(=O)c3cccc(Cn4cccn4)c3)C2)c1OC. The monoisotopic (exact) mass is 391 g/mol. The molecular formula is C23H25N3O3. The Bertz CT molecular complexity index is 985. The molecular weight excluding hydrogens is 366 g/mol. The number of benzene rings is 2. The number of carbonyl (C=O) groups is 1. The molecule has 1 aliphatic rings. The topological polar surface area (TPSA) is 56.6 Å². The van der Waals surface area contributed by atoms with Gasteiger partial charge in [0.15, 0.2) is 11.5 Å². The summed E-state index contributed by atoms with van der Waals surface area (Å²) in [6, 6.07) is 15.6. The first kappa shape index (κ1) is 19.1. The van der Waals surface area contributed by atoms with Gasteiger partial charge in [-0.25, -0.2) is 0 Å². The highest BCUT2D eigenvalue weighted by Gasteiger charge is 2.30. The van der Waals surface area contributed by atoms with E-state index in [0.29, 0.717) is 18.7 Å². The van der Waals surface area contributed by atoms with Gasteiger partial charge < -0.3 is 14.4 Å². The molecule has 0 spiro atoms. The van der Waals surface area contributed by atoms with E-state index in [-0.39, 0.29) is 11.8 Å². The minimum absolute atomic E-state index is 0.0664. The number of likely N-dealkylation sites (tertiary alicyclic amines) is 1.